The third-order valence-corrected chi connectivity index (χ3v) is 6.14. The van der Waals surface area contributed by atoms with Crippen molar-refractivity contribution < 1.29 is 4.79 Å². The summed E-state index contributed by atoms with van der Waals surface area (Å²) < 4.78 is 0. The minimum absolute atomic E-state index is 0.174. The molecule has 3 atom stereocenters. The zero-order valence-electron chi connectivity index (χ0n) is 12.5. The average Bonchev–Trinajstić information content (AvgIpc) is 2.89. The molecule has 0 spiro atoms. The lowest BCUT2D eigenvalue weighted by atomic mass is 9.75. The van der Waals surface area contributed by atoms with E-state index in [0.29, 0.717) is 17.9 Å². The SMILES string of the molecule is CSC1CCCC(NC(=O)C2(C(C)C)CCNC2)C1. The molecule has 110 valence electrons. The molecular weight excluding hydrogens is 256 g/mol. The molecule has 2 N–H and O–H groups in total. The standard InChI is InChI=1S/C15H28N2OS/c1-11(2)15(7-8-16-10-15)14(18)17-12-5-4-6-13(9-12)19-3/h11-13,16H,4-10H2,1-3H3,(H,17,18). The monoisotopic (exact) mass is 284 g/mol. The van der Waals surface area contributed by atoms with E-state index in [1.54, 1.807) is 0 Å². The largest absolute Gasteiger partial charge is 0.353 e. The van der Waals surface area contributed by atoms with Gasteiger partial charge in [-0.2, -0.15) is 11.8 Å². The Hall–Kier alpha value is -0.220. The molecule has 1 saturated carbocycles. The summed E-state index contributed by atoms with van der Waals surface area (Å²) in [5, 5.41) is 7.45. The number of carbonyl (C=O) groups excluding carboxylic acids is 1. The summed E-state index contributed by atoms with van der Waals surface area (Å²) in [5.41, 5.74) is -0.174. The Morgan fingerprint density at radius 2 is 2.21 bits per heavy atom. The lowest BCUT2D eigenvalue weighted by Crippen LogP contribution is -2.50. The number of hydrogen-bond acceptors (Lipinski definition) is 3. The number of carbonyl (C=O) groups is 1. The van der Waals surface area contributed by atoms with Crippen LogP contribution in [0.4, 0.5) is 0 Å². The van der Waals surface area contributed by atoms with E-state index in [9.17, 15) is 4.79 Å². The maximum Gasteiger partial charge on any atom is 0.228 e. The van der Waals surface area contributed by atoms with E-state index < -0.39 is 0 Å². The fraction of sp³-hybridized carbons (Fsp3) is 0.933. The van der Waals surface area contributed by atoms with Crippen LogP contribution in [0.1, 0.15) is 46.0 Å². The Morgan fingerprint density at radius 3 is 2.79 bits per heavy atom. The van der Waals surface area contributed by atoms with Gasteiger partial charge in [0.1, 0.15) is 0 Å². The van der Waals surface area contributed by atoms with Crippen LogP contribution in [0.2, 0.25) is 0 Å². The minimum Gasteiger partial charge on any atom is -0.353 e. The van der Waals surface area contributed by atoms with E-state index in [2.05, 4.69) is 30.7 Å². The Labute approximate surface area is 121 Å². The van der Waals surface area contributed by atoms with Gasteiger partial charge in [-0.3, -0.25) is 4.79 Å². The predicted octanol–water partition coefficient (Wildman–Crippen LogP) is 2.41. The predicted molar refractivity (Wildman–Crippen MR) is 82.5 cm³/mol. The van der Waals surface area contributed by atoms with Crippen molar-refractivity contribution in [3.8, 4) is 0 Å². The molecule has 19 heavy (non-hydrogen) atoms. The number of nitrogens with one attached hydrogen (secondary N) is 2. The lowest BCUT2D eigenvalue weighted by Gasteiger charge is -2.35. The molecule has 0 aromatic carbocycles. The molecule has 4 heteroatoms. The van der Waals surface area contributed by atoms with E-state index in [1.165, 1.54) is 12.8 Å². The second kappa shape index (κ2) is 6.49. The van der Waals surface area contributed by atoms with Crippen LogP contribution in [-0.4, -0.2) is 36.5 Å². The number of rotatable bonds is 4. The van der Waals surface area contributed by atoms with Gasteiger partial charge in [-0.1, -0.05) is 20.3 Å². The zero-order valence-corrected chi connectivity index (χ0v) is 13.3. The summed E-state index contributed by atoms with van der Waals surface area (Å²) in [6, 6.07) is 0.398. The highest BCUT2D eigenvalue weighted by atomic mass is 32.2. The summed E-state index contributed by atoms with van der Waals surface area (Å²) in [6.07, 6.45) is 8.03. The topological polar surface area (TPSA) is 41.1 Å². The molecule has 3 nitrogen and oxygen atoms in total. The van der Waals surface area contributed by atoms with Crippen LogP contribution in [0, 0.1) is 11.3 Å². The molecule has 1 saturated heterocycles. The first-order chi connectivity index (χ1) is 9.08. The van der Waals surface area contributed by atoms with Gasteiger partial charge in [0, 0.05) is 17.8 Å². The van der Waals surface area contributed by atoms with Gasteiger partial charge in [0.15, 0.2) is 0 Å². The van der Waals surface area contributed by atoms with Gasteiger partial charge >= 0.3 is 0 Å². The van der Waals surface area contributed by atoms with E-state index >= 15 is 0 Å². The van der Waals surface area contributed by atoms with Crippen LogP contribution in [0.3, 0.4) is 0 Å². The number of amides is 1. The maximum absolute atomic E-state index is 12.7. The van der Waals surface area contributed by atoms with Crippen molar-refractivity contribution >= 4 is 17.7 Å². The quantitative estimate of drug-likeness (QED) is 0.833. The molecule has 0 aromatic rings. The van der Waals surface area contributed by atoms with Crippen molar-refractivity contribution in [3.05, 3.63) is 0 Å². The van der Waals surface area contributed by atoms with E-state index in [0.717, 1.165) is 37.6 Å². The van der Waals surface area contributed by atoms with Crippen LogP contribution < -0.4 is 10.6 Å². The summed E-state index contributed by atoms with van der Waals surface area (Å²) in [7, 11) is 0. The van der Waals surface area contributed by atoms with Gasteiger partial charge < -0.3 is 10.6 Å². The molecule has 2 aliphatic rings. The zero-order chi connectivity index (χ0) is 13.9. The molecule has 1 amide bonds. The summed E-state index contributed by atoms with van der Waals surface area (Å²) in [4.78, 5) is 12.7. The molecule has 3 unspecified atom stereocenters. The van der Waals surface area contributed by atoms with E-state index in [4.69, 9.17) is 0 Å². The van der Waals surface area contributed by atoms with Crippen LogP contribution in [-0.2, 0) is 4.79 Å². The van der Waals surface area contributed by atoms with Gasteiger partial charge in [0.05, 0.1) is 5.41 Å². The fourth-order valence-corrected chi connectivity index (χ4v) is 4.31. The van der Waals surface area contributed by atoms with E-state index in [1.807, 2.05) is 11.8 Å². The Morgan fingerprint density at radius 1 is 1.42 bits per heavy atom. The summed E-state index contributed by atoms with van der Waals surface area (Å²) >= 11 is 1.95. The van der Waals surface area contributed by atoms with Crippen molar-refractivity contribution in [2.45, 2.75) is 57.2 Å². The molecule has 0 bridgehead atoms. The van der Waals surface area contributed by atoms with Crippen LogP contribution >= 0.6 is 11.8 Å². The first-order valence-electron chi connectivity index (χ1n) is 7.63. The van der Waals surface area contributed by atoms with Crippen molar-refractivity contribution in [3.63, 3.8) is 0 Å². The van der Waals surface area contributed by atoms with Gasteiger partial charge in [-0.15, -0.1) is 0 Å². The van der Waals surface area contributed by atoms with Crippen molar-refractivity contribution in [1.82, 2.24) is 10.6 Å². The third-order valence-electron chi connectivity index (χ3n) is 5.04. The average molecular weight is 284 g/mol. The second-order valence-corrected chi connectivity index (χ2v) is 7.57. The van der Waals surface area contributed by atoms with Crippen molar-refractivity contribution in [1.29, 1.82) is 0 Å². The molecular formula is C15H28N2OS. The number of hydrogen-bond donors (Lipinski definition) is 2. The summed E-state index contributed by atoms with van der Waals surface area (Å²) in [6.45, 7) is 6.18. The third kappa shape index (κ3) is 3.27. The minimum atomic E-state index is -0.174. The molecule has 1 heterocycles. The van der Waals surface area contributed by atoms with Crippen molar-refractivity contribution in [2.24, 2.45) is 11.3 Å². The van der Waals surface area contributed by atoms with Gasteiger partial charge in [0.25, 0.3) is 0 Å². The smallest absolute Gasteiger partial charge is 0.228 e. The first-order valence-corrected chi connectivity index (χ1v) is 8.92. The molecule has 0 aromatic heterocycles. The van der Waals surface area contributed by atoms with Crippen LogP contribution in [0.5, 0.6) is 0 Å². The molecule has 1 aliphatic carbocycles. The van der Waals surface area contributed by atoms with Crippen molar-refractivity contribution in [2.75, 3.05) is 19.3 Å². The van der Waals surface area contributed by atoms with Crippen LogP contribution in [0.15, 0.2) is 0 Å². The Balaban J connectivity index is 1.95. The summed E-state index contributed by atoms with van der Waals surface area (Å²) in [5.74, 6) is 0.696. The van der Waals surface area contributed by atoms with Gasteiger partial charge in [-0.25, -0.2) is 0 Å². The highest BCUT2D eigenvalue weighted by Gasteiger charge is 2.44. The van der Waals surface area contributed by atoms with Crippen LogP contribution in [0.25, 0.3) is 0 Å². The highest BCUT2D eigenvalue weighted by Crippen LogP contribution is 2.35. The number of thioether (sulfide) groups is 1. The molecule has 2 rings (SSSR count). The second-order valence-electron chi connectivity index (χ2n) is 6.43. The maximum atomic E-state index is 12.7. The molecule has 0 radical (unpaired) electrons. The van der Waals surface area contributed by atoms with Gasteiger partial charge in [0.2, 0.25) is 5.91 Å². The first kappa shape index (κ1) is 15.2. The highest BCUT2D eigenvalue weighted by molar-refractivity contribution is 7.99. The fourth-order valence-electron chi connectivity index (χ4n) is 3.48. The molecule has 2 fully saturated rings. The normalized spacial score (nSPS) is 35.6. The van der Waals surface area contributed by atoms with Gasteiger partial charge in [-0.05, 0) is 44.4 Å². The molecule has 1 aliphatic heterocycles. The Kier molecular flexibility index (Phi) is 5.18. The lowest BCUT2D eigenvalue weighted by molar-refractivity contribution is -0.133. The van der Waals surface area contributed by atoms with E-state index in [-0.39, 0.29) is 5.41 Å². The Bertz CT molecular complexity index is 313.